The molecule has 138 valence electrons. The Morgan fingerprint density at radius 3 is 2.62 bits per heavy atom. The third-order valence-electron chi connectivity index (χ3n) is 3.17. The van der Waals surface area contributed by atoms with E-state index in [0.29, 0.717) is 5.56 Å². The highest BCUT2D eigenvalue weighted by molar-refractivity contribution is 9.10. The molecule has 1 amide bonds. The summed E-state index contributed by atoms with van der Waals surface area (Å²) < 4.78 is 6.42. The number of carbonyl (C=O) groups is 2. The fraction of sp³-hybridized carbons (Fsp3) is 0.250. The van der Waals surface area contributed by atoms with E-state index >= 15 is 0 Å². The molecule has 1 aromatic carbocycles. The van der Waals surface area contributed by atoms with Crippen LogP contribution in [0.4, 0.5) is 5.95 Å². The van der Waals surface area contributed by atoms with Crippen molar-refractivity contribution in [1.29, 1.82) is 0 Å². The van der Waals surface area contributed by atoms with E-state index in [1.54, 1.807) is 31.2 Å². The van der Waals surface area contributed by atoms with Crippen LogP contribution in [0.5, 0.6) is 0 Å². The lowest BCUT2D eigenvalue weighted by Crippen LogP contribution is -2.38. The third-order valence-corrected chi connectivity index (χ3v) is 3.70. The highest BCUT2D eigenvalue weighted by atomic mass is 79.9. The number of esters is 1. The largest absolute Gasteiger partial charge is 0.462 e. The average Bonchev–Trinajstić information content (AvgIpc) is 2.62. The Balaban J connectivity index is 2.40. The van der Waals surface area contributed by atoms with Crippen LogP contribution < -0.4 is 16.3 Å². The van der Waals surface area contributed by atoms with Crippen LogP contribution >= 0.6 is 15.9 Å². The smallest absolute Gasteiger partial charge is 0.345 e. The normalized spacial score (nSPS) is 10.3. The Bertz CT molecular complexity index is 851. The van der Waals surface area contributed by atoms with Gasteiger partial charge >= 0.3 is 5.97 Å². The molecule has 0 aliphatic carbocycles. The van der Waals surface area contributed by atoms with Crippen LogP contribution in [0.25, 0.3) is 0 Å². The molecule has 0 atom stereocenters. The van der Waals surface area contributed by atoms with Crippen molar-refractivity contribution in [3.05, 3.63) is 56.4 Å². The SMILES string of the molecule is CCOC(=O)c1cnc(NCCO)n(NC(=O)c2ccc(Br)cc2)c1=O. The minimum Gasteiger partial charge on any atom is -0.462 e. The number of amides is 1. The summed E-state index contributed by atoms with van der Waals surface area (Å²) in [4.78, 5) is 40.8. The molecular weight excluding hydrogens is 408 g/mol. The molecule has 3 N–H and O–H groups in total. The number of halogens is 1. The second-order valence-corrected chi connectivity index (χ2v) is 5.87. The second-order valence-electron chi connectivity index (χ2n) is 4.95. The maximum absolute atomic E-state index is 12.6. The van der Waals surface area contributed by atoms with E-state index in [1.165, 1.54) is 0 Å². The molecule has 0 unspecified atom stereocenters. The predicted molar refractivity (Wildman–Crippen MR) is 97.9 cm³/mol. The first-order valence-corrected chi connectivity index (χ1v) is 8.48. The van der Waals surface area contributed by atoms with Gasteiger partial charge in [-0.05, 0) is 31.2 Å². The van der Waals surface area contributed by atoms with E-state index in [9.17, 15) is 14.4 Å². The molecular formula is C16H17BrN4O5. The molecule has 1 heterocycles. The van der Waals surface area contributed by atoms with Crippen molar-refractivity contribution in [1.82, 2.24) is 9.66 Å². The van der Waals surface area contributed by atoms with Crippen molar-refractivity contribution in [2.45, 2.75) is 6.92 Å². The van der Waals surface area contributed by atoms with Crippen molar-refractivity contribution in [2.75, 3.05) is 30.5 Å². The number of aliphatic hydroxyl groups is 1. The van der Waals surface area contributed by atoms with Gasteiger partial charge in [-0.3, -0.25) is 15.0 Å². The summed E-state index contributed by atoms with van der Waals surface area (Å²) in [6.07, 6.45) is 1.06. The summed E-state index contributed by atoms with van der Waals surface area (Å²) in [5.41, 5.74) is 1.57. The highest BCUT2D eigenvalue weighted by Crippen LogP contribution is 2.11. The van der Waals surface area contributed by atoms with Gasteiger partial charge in [0.25, 0.3) is 11.5 Å². The Morgan fingerprint density at radius 1 is 1.31 bits per heavy atom. The standard InChI is InChI=1S/C16H17BrN4O5/c1-2-26-15(25)12-9-19-16(18-7-8-22)21(14(12)24)20-13(23)10-3-5-11(17)6-4-10/h3-6,9,22H,2,7-8H2,1H3,(H,18,19)(H,20,23). The number of carbonyl (C=O) groups excluding carboxylic acids is 2. The minimum atomic E-state index is -0.842. The fourth-order valence-electron chi connectivity index (χ4n) is 1.97. The number of benzene rings is 1. The zero-order valence-corrected chi connectivity index (χ0v) is 15.4. The monoisotopic (exact) mass is 424 g/mol. The zero-order chi connectivity index (χ0) is 19.1. The van der Waals surface area contributed by atoms with E-state index in [1.807, 2.05) is 0 Å². The lowest BCUT2D eigenvalue weighted by atomic mass is 10.2. The van der Waals surface area contributed by atoms with E-state index in [0.717, 1.165) is 15.3 Å². The summed E-state index contributed by atoms with van der Waals surface area (Å²) >= 11 is 3.27. The molecule has 0 saturated heterocycles. The molecule has 1 aromatic heterocycles. The van der Waals surface area contributed by atoms with Crippen LogP contribution in [-0.2, 0) is 4.74 Å². The van der Waals surface area contributed by atoms with Gasteiger partial charge in [-0.1, -0.05) is 15.9 Å². The molecule has 0 aliphatic heterocycles. The predicted octanol–water partition coefficient (Wildman–Crippen LogP) is 0.971. The average molecular weight is 425 g/mol. The van der Waals surface area contributed by atoms with Crippen molar-refractivity contribution in [2.24, 2.45) is 0 Å². The van der Waals surface area contributed by atoms with Gasteiger partial charge in [0.15, 0.2) is 0 Å². The summed E-state index contributed by atoms with van der Waals surface area (Å²) in [7, 11) is 0. The van der Waals surface area contributed by atoms with Gasteiger partial charge in [0.05, 0.1) is 19.4 Å². The number of anilines is 1. The van der Waals surface area contributed by atoms with Crippen molar-refractivity contribution in [3.63, 3.8) is 0 Å². The van der Waals surface area contributed by atoms with Gasteiger partial charge in [0, 0.05) is 16.6 Å². The molecule has 2 aromatic rings. The van der Waals surface area contributed by atoms with Crippen molar-refractivity contribution in [3.8, 4) is 0 Å². The summed E-state index contributed by atoms with van der Waals surface area (Å²) in [5, 5.41) is 11.6. The number of hydrogen-bond acceptors (Lipinski definition) is 7. The van der Waals surface area contributed by atoms with Crippen LogP contribution in [0.15, 0.2) is 39.7 Å². The highest BCUT2D eigenvalue weighted by Gasteiger charge is 2.19. The first-order chi connectivity index (χ1) is 12.5. The van der Waals surface area contributed by atoms with E-state index in [2.05, 4.69) is 31.7 Å². The van der Waals surface area contributed by atoms with Gasteiger partial charge in [0.1, 0.15) is 5.56 Å². The van der Waals surface area contributed by atoms with Crippen LogP contribution in [-0.4, -0.2) is 46.4 Å². The van der Waals surface area contributed by atoms with Crippen LogP contribution in [0.3, 0.4) is 0 Å². The number of rotatable bonds is 7. The third kappa shape index (κ3) is 4.67. The molecule has 9 nitrogen and oxygen atoms in total. The van der Waals surface area contributed by atoms with Crippen LogP contribution in [0.2, 0.25) is 0 Å². The maximum atomic E-state index is 12.6. The number of nitrogens with one attached hydrogen (secondary N) is 2. The zero-order valence-electron chi connectivity index (χ0n) is 13.9. The Kier molecular flexibility index (Phi) is 6.87. The molecule has 0 bridgehead atoms. The second kappa shape index (κ2) is 9.11. The van der Waals surface area contributed by atoms with Gasteiger partial charge < -0.3 is 15.2 Å². The van der Waals surface area contributed by atoms with Gasteiger partial charge in [-0.25, -0.2) is 9.78 Å². The van der Waals surface area contributed by atoms with Gasteiger partial charge in [0.2, 0.25) is 5.95 Å². The van der Waals surface area contributed by atoms with Crippen LogP contribution in [0, 0.1) is 0 Å². The van der Waals surface area contributed by atoms with Crippen LogP contribution in [0.1, 0.15) is 27.6 Å². The minimum absolute atomic E-state index is 0.0254. The fourth-order valence-corrected chi connectivity index (χ4v) is 2.23. The number of aliphatic hydroxyl groups excluding tert-OH is 1. The molecule has 0 radical (unpaired) electrons. The summed E-state index contributed by atoms with van der Waals surface area (Å²) in [5.74, 6) is -1.44. The molecule has 26 heavy (non-hydrogen) atoms. The molecule has 0 aliphatic rings. The summed E-state index contributed by atoms with van der Waals surface area (Å²) in [6, 6.07) is 6.48. The van der Waals surface area contributed by atoms with E-state index in [4.69, 9.17) is 9.84 Å². The lowest BCUT2D eigenvalue weighted by molar-refractivity contribution is 0.0522. The first kappa shape index (κ1) is 19.6. The Morgan fingerprint density at radius 2 is 2.00 bits per heavy atom. The Hall–Kier alpha value is -2.72. The summed E-state index contributed by atoms with van der Waals surface area (Å²) in [6.45, 7) is 1.58. The number of nitrogens with zero attached hydrogens (tertiary/aromatic N) is 2. The molecule has 0 fully saturated rings. The number of hydrogen-bond donors (Lipinski definition) is 3. The van der Waals surface area contributed by atoms with E-state index < -0.39 is 17.4 Å². The molecule has 0 saturated carbocycles. The first-order valence-electron chi connectivity index (χ1n) is 7.68. The maximum Gasteiger partial charge on any atom is 0.345 e. The van der Waals surface area contributed by atoms with E-state index in [-0.39, 0.29) is 31.3 Å². The quantitative estimate of drug-likeness (QED) is 0.565. The number of aromatic nitrogens is 2. The van der Waals surface area contributed by atoms with Gasteiger partial charge in [-0.15, -0.1) is 0 Å². The van der Waals surface area contributed by atoms with Crippen molar-refractivity contribution >= 4 is 33.8 Å². The Labute approximate surface area is 157 Å². The molecule has 2 rings (SSSR count). The van der Waals surface area contributed by atoms with Gasteiger partial charge in [-0.2, -0.15) is 4.68 Å². The topological polar surface area (TPSA) is 123 Å². The number of ether oxygens (including phenoxy) is 1. The lowest BCUT2D eigenvalue weighted by Gasteiger charge is -2.15. The van der Waals surface area contributed by atoms with Crippen molar-refractivity contribution < 1.29 is 19.4 Å². The molecule has 10 heteroatoms. The molecule has 0 spiro atoms.